The highest BCUT2D eigenvalue weighted by Gasteiger charge is 2.20. The van der Waals surface area contributed by atoms with Gasteiger partial charge in [-0.25, -0.2) is 4.98 Å². The lowest BCUT2D eigenvalue weighted by molar-refractivity contribution is 0.193. The first kappa shape index (κ1) is 17.6. The van der Waals surface area contributed by atoms with Gasteiger partial charge in [-0.3, -0.25) is 0 Å². The van der Waals surface area contributed by atoms with Crippen LogP contribution in [0.4, 0.5) is 11.8 Å². The van der Waals surface area contributed by atoms with E-state index in [9.17, 15) is 0 Å². The summed E-state index contributed by atoms with van der Waals surface area (Å²) in [6.45, 7) is 2.55. The number of nitrogens with zero attached hydrogens (tertiary/aromatic N) is 2. The summed E-state index contributed by atoms with van der Waals surface area (Å²) in [6.07, 6.45) is 0.957. The van der Waals surface area contributed by atoms with Crippen LogP contribution in [0.15, 0.2) is 30.3 Å². The Labute approximate surface area is 147 Å². The number of aliphatic hydroxyl groups excluding tert-OH is 2. The molecule has 0 radical (unpaired) electrons. The SMILES string of the molecule is OCCNc1nc(NCc2ccc(CO)cc2)cc([C@H]2CCOC2)n1. The molecule has 0 bridgehead atoms. The molecule has 1 atom stereocenters. The van der Waals surface area contributed by atoms with Crippen LogP contribution in [-0.4, -0.2) is 46.5 Å². The largest absolute Gasteiger partial charge is 0.395 e. The molecule has 134 valence electrons. The first-order chi connectivity index (χ1) is 12.3. The summed E-state index contributed by atoms with van der Waals surface area (Å²) in [4.78, 5) is 9.02. The second kappa shape index (κ2) is 8.75. The molecule has 1 aliphatic heterocycles. The van der Waals surface area contributed by atoms with Crippen molar-refractivity contribution in [3.63, 3.8) is 0 Å². The van der Waals surface area contributed by atoms with Crippen LogP contribution in [0.5, 0.6) is 0 Å². The Balaban J connectivity index is 1.72. The van der Waals surface area contributed by atoms with Crippen LogP contribution in [0.1, 0.15) is 29.2 Å². The predicted octanol–water partition coefficient (Wildman–Crippen LogP) is 1.49. The first-order valence-electron chi connectivity index (χ1n) is 8.52. The molecular weight excluding hydrogens is 320 g/mol. The Morgan fingerprint density at radius 3 is 2.56 bits per heavy atom. The molecule has 4 N–H and O–H groups in total. The summed E-state index contributed by atoms with van der Waals surface area (Å²) in [5.74, 6) is 1.53. The highest BCUT2D eigenvalue weighted by Crippen LogP contribution is 2.26. The molecule has 7 heteroatoms. The average molecular weight is 344 g/mol. The summed E-state index contributed by atoms with van der Waals surface area (Å²) in [5.41, 5.74) is 2.95. The normalized spacial score (nSPS) is 16.8. The van der Waals surface area contributed by atoms with Crippen LogP contribution in [0.3, 0.4) is 0 Å². The third kappa shape index (κ3) is 4.88. The fourth-order valence-corrected chi connectivity index (χ4v) is 2.74. The summed E-state index contributed by atoms with van der Waals surface area (Å²) >= 11 is 0. The molecule has 0 aliphatic carbocycles. The van der Waals surface area contributed by atoms with Crippen molar-refractivity contribution in [3.05, 3.63) is 47.2 Å². The van der Waals surface area contributed by atoms with Gasteiger partial charge >= 0.3 is 0 Å². The van der Waals surface area contributed by atoms with E-state index in [0.29, 0.717) is 25.6 Å². The van der Waals surface area contributed by atoms with E-state index in [2.05, 4.69) is 20.6 Å². The Kier molecular flexibility index (Phi) is 6.16. The van der Waals surface area contributed by atoms with Crippen molar-refractivity contribution in [2.75, 3.05) is 37.0 Å². The van der Waals surface area contributed by atoms with E-state index in [1.54, 1.807) is 0 Å². The van der Waals surface area contributed by atoms with Crippen molar-refractivity contribution < 1.29 is 14.9 Å². The van der Waals surface area contributed by atoms with Gasteiger partial charge in [0.05, 0.1) is 25.5 Å². The minimum absolute atomic E-state index is 0.0279. The number of hydrogen-bond donors (Lipinski definition) is 4. The van der Waals surface area contributed by atoms with Gasteiger partial charge in [0.1, 0.15) is 5.82 Å². The van der Waals surface area contributed by atoms with E-state index in [4.69, 9.17) is 14.9 Å². The zero-order valence-corrected chi connectivity index (χ0v) is 14.1. The maximum atomic E-state index is 9.10. The zero-order valence-electron chi connectivity index (χ0n) is 14.1. The minimum Gasteiger partial charge on any atom is -0.395 e. The number of nitrogens with one attached hydrogen (secondary N) is 2. The molecule has 0 amide bonds. The number of aliphatic hydroxyl groups is 2. The zero-order chi connectivity index (χ0) is 17.5. The third-order valence-corrected chi connectivity index (χ3v) is 4.17. The number of hydrogen-bond acceptors (Lipinski definition) is 7. The molecule has 1 aromatic heterocycles. The van der Waals surface area contributed by atoms with E-state index in [0.717, 1.165) is 35.7 Å². The Hall–Kier alpha value is -2.22. The Morgan fingerprint density at radius 2 is 1.88 bits per heavy atom. The van der Waals surface area contributed by atoms with Gasteiger partial charge in [0.15, 0.2) is 0 Å². The van der Waals surface area contributed by atoms with E-state index in [-0.39, 0.29) is 19.1 Å². The topological polar surface area (TPSA) is 99.5 Å². The molecule has 3 rings (SSSR count). The molecule has 25 heavy (non-hydrogen) atoms. The number of benzene rings is 1. The van der Waals surface area contributed by atoms with Gasteiger partial charge in [0.2, 0.25) is 5.95 Å². The van der Waals surface area contributed by atoms with Gasteiger partial charge in [-0.1, -0.05) is 24.3 Å². The molecular formula is C18H24N4O3. The molecule has 7 nitrogen and oxygen atoms in total. The highest BCUT2D eigenvalue weighted by molar-refractivity contribution is 5.44. The van der Waals surface area contributed by atoms with Gasteiger partial charge in [0, 0.05) is 31.7 Å². The second-order valence-electron chi connectivity index (χ2n) is 6.04. The van der Waals surface area contributed by atoms with Crippen molar-refractivity contribution in [2.45, 2.75) is 25.5 Å². The van der Waals surface area contributed by atoms with E-state index < -0.39 is 0 Å². The Morgan fingerprint density at radius 1 is 1.08 bits per heavy atom. The van der Waals surface area contributed by atoms with E-state index in [1.807, 2.05) is 30.3 Å². The summed E-state index contributed by atoms with van der Waals surface area (Å²) < 4.78 is 5.46. The van der Waals surface area contributed by atoms with Crippen molar-refractivity contribution in [2.24, 2.45) is 0 Å². The molecule has 0 spiro atoms. The minimum atomic E-state index is 0.0279. The van der Waals surface area contributed by atoms with Crippen LogP contribution in [0, 0.1) is 0 Å². The lowest BCUT2D eigenvalue weighted by atomic mass is 10.0. The second-order valence-corrected chi connectivity index (χ2v) is 6.04. The standard InChI is InChI=1S/C18H24N4O3/c23-7-6-19-18-21-16(15-5-8-25-12-15)9-17(22-18)20-10-13-1-3-14(11-24)4-2-13/h1-4,9,15,23-24H,5-8,10-12H2,(H2,19,20,21,22)/t15-/m0/s1. The monoisotopic (exact) mass is 344 g/mol. The van der Waals surface area contributed by atoms with Crippen LogP contribution < -0.4 is 10.6 Å². The molecule has 1 saturated heterocycles. The van der Waals surface area contributed by atoms with Crippen LogP contribution in [-0.2, 0) is 17.9 Å². The van der Waals surface area contributed by atoms with Gasteiger partial charge in [-0.2, -0.15) is 4.98 Å². The fraction of sp³-hybridized carbons (Fsp3) is 0.444. The molecule has 0 unspecified atom stereocenters. The van der Waals surface area contributed by atoms with Crippen molar-refractivity contribution >= 4 is 11.8 Å². The van der Waals surface area contributed by atoms with Gasteiger partial charge in [-0.05, 0) is 17.5 Å². The molecule has 0 saturated carbocycles. The van der Waals surface area contributed by atoms with Gasteiger partial charge < -0.3 is 25.6 Å². The van der Waals surface area contributed by atoms with Crippen molar-refractivity contribution in [3.8, 4) is 0 Å². The molecule has 1 fully saturated rings. The van der Waals surface area contributed by atoms with Crippen LogP contribution >= 0.6 is 0 Å². The quantitative estimate of drug-likeness (QED) is 0.576. The number of ether oxygens (including phenoxy) is 1. The van der Waals surface area contributed by atoms with Crippen molar-refractivity contribution in [1.29, 1.82) is 0 Å². The summed E-state index contributed by atoms with van der Waals surface area (Å²) in [6, 6.07) is 9.75. The number of anilines is 2. The summed E-state index contributed by atoms with van der Waals surface area (Å²) in [7, 11) is 0. The molecule has 1 aliphatic rings. The molecule has 2 heterocycles. The van der Waals surface area contributed by atoms with Gasteiger partial charge in [-0.15, -0.1) is 0 Å². The lowest BCUT2D eigenvalue weighted by Gasteiger charge is -2.13. The van der Waals surface area contributed by atoms with E-state index >= 15 is 0 Å². The fourth-order valence-electron chi connectivity index (χ4n) is 2.74. The van der Waals surface area contributed by atoms with Crippen molar-refractivity contribution in [1.82, 2.24) is 9.97 Å². The van der Waals surface area contributed by atoms with E-state index in [1.165, 1.54) is 0 Å². The number of aromatic nitrogens is 2. The first-order valence-corrected chi connectivity index (χ1v) is 8.52. The van der Waals surface area contributed by atoms with Crippen LogP contribution in [0.25, 0.3) is 0 Å². The number of rotatable bonds is 8. The molecule has 1 aromatic carbocycles. The smallest absolute Gasteiger partial charge is 0.224 e. The van der Waals surface area contributed by atoms with Gasteiger partial charge in [0.25, 0.3) is 0 Å². The average Bonchev–Trinajstić information content (AvgIpc) is 3.20. The summed E-state index contributed by atoms with van der Waals surface area (Å²) in [5, 5.41) is 24.5. The lowest BCUT2D eigenvalue weighted by Crippen LogP contribution is -2.13. The predicted molar refractivity (Wildman–Crippen MR) is 95.5 cm³/mol. The maximum Gasteiger partial charge on any atom is 0.224 e. The molecule has 2 aromatic rings. The third-order valence-electron chi connectivity index (χ3n) is 4.17. The van der Waals surface area contributed by atoms with Crippen LogP contribution in [0.2, 0.25) is 0 Å². The maximum absolute atomic E-state index is 9.10. The Bertz CT molecular complexity index is 673. The highest BCUT2D eigenvalue weighted by atomic mass is 16.5.